The zero-order chi connectivity index (χ0) is 19.1. The van der Waals surface area contributed by atoms with Crippen LogP contribution in [0.15, 0.2) is 15.4 Å². The van der Waals surface area contributed by atoms with E-state index >= 15 is 0 Å². The summed E-state index contributed by atoms with van der Waals surface area (Å²) in [6, 6.07) is 0. The Bertz CT molecular complexity index is 486. The van der Waals surface area contributed by atoms with Gasteiger partial charge in [0.15, 0.2) is 0 Å². The van der Waals surface area contributed by atoms with Crippen molar-refractivity contribution >= 4 is 0 Å². The molecule has 0 fully saturated rings. The summed E-state index contributed by atoms with van der Waals surface area (Å²) in [5.74, 6) is 0.442. The second-order valence-corrected chi connectivity index (χ2v) is 8.63. The maximum Gasteiger partial charge on any atom is 0.416 e. The molecule has 3 nitrogen and oxygen atoms in total. The number of hydrogen-bond donors (Lipinski definition) is 1. The maximum atomic E-state index is 11.1. The predicted octanol–water partition coefficient (Wildman–Crippen LogP) is 7.51. The van der Waals surface area contributed by atoms with Crippen molar-refractivity contribution in [1.82, 2.24) is 4.98 Å². The number of oxazole rings is 1. The lowest BCUT2D eigenvalue weighted by Crippen LogP contribution is -2.16. The Balaban J connectivity index is 1.86. The van der Waals surface area contributed by atoms with Crippen LogP contribution in [0.2, 0.25) is 0 Å². The lowest BCUT2D eigenvalue weighted by Gasteiger charge is -2.21. The molecule has 0 saturated carbocycles. The molecule has 1 N–H and O–H groups in total. The largest absolute Gasteiger partial charge is 0.416 e. The second kappa shape index (κ2) is 14.1. The molecule has 0 aliphatic heterocycles. The van der Waals surface area contributed by atoms with Crippen molar-refractivity contribution < 1.29 is 4.42 Å². The van der Waals surface area contributed by atoms with E-state index in [0.717, 1.165) is 12.2 Å². The van der Waals surface area contributed by atoms with Gasteiger partial charge in [0.05, 0.1) is 0 Å². The molecule has 1 rings (SSSR count). The van der Waals surface area contributed by atoms with Crippen molar-refractivity contribution in [3.8, 4) is 0 Å². The fourth-order valence-corrected chi connectivity index (χ4v) is 3.68. The number of aromatic nitrogens is 1. The summed E-state index contributed by atoms with van der Waals surface area (Å²) in [5.41, 5.74) is -0.0459. The van der Waals surface area contributed by atoms with Gasteiger partial charge in [-0.1, -0.05) is 117 Å². The van der Waals surface area contributed by atoms with Crippen LogP contribution in [0.4, 0.5) is 0 Å². The van der Waals surface area contributed by atoms with Gasteiger partial charge in [0.25, 0.3) is 0 Å². The Morgan fingerprint density at radius 2 is 1.19 bits per heavy atom. The fraction of sp³-hybridized carbons (Fsp3) is 0.870. The monoisotopic (exact) mass is 365 g/mol. The average molecular weight is 366 g/mol. The van der Waals surface area contributed by atoms with E-state index < -0.39 is 0 Å². The Morgan fingerprint density at radius 1 is 0.769 bits per heavy atom. The number of hydrogen-bond acceptors (Lipinski definition) is 2. The first-order chi connectivity index (χ1) is 12.6. The molecule has 1 aromatic rings. The topological polar surface area (TPSA) is 46.0 Å². The van der Waals surface area contributed by atoms with E-state index in [2.05, 4.69) is 25.8 Å². The van der Waals surface area contributed by atoms with Crippen molar-refractivity contribution in [2.75, 3.05) is 0 Å². The van der Waals surface area contributed by atoms with E-state index in [1.807, 2.05) is 0 Å². The molecule has 0 bridgehead atoms. The highest BCUT2D eigenvalue weighted by molar-refractivity contribution is 5.05. The molecule has 0 aliphatic rings. The molecule has 3 heteroatoms. The third kappa shape index (κ3) is 10.9. The highest BCUT2D eigenvalue weighted by Gasteiger charge is 2.23. The van der Waals surface area contributed by atoms with Crippen LogP contribution in [0.1, 0.15) is 129 Å². The highest BCUT2D eigenvalue weighted by Crippen LogP contribution is 2.28. The molecule has 152 valence electrons. The van der Waals surface area contributed by atoms with Gasteiger partial charge in [-0.05, 0) is 6.42 Å². The van der Waals surface area contributed by atoms with Gasteiger partial charge in [0, 0.05) is 11.6 Å². The molecule has 0 saturated heterocycles. The van der Waals surface area contributed by atoms with Gasteiger partial charge in [0.1, 0.15) is 5.76 Å². The third-order valence-electron chi connectivity index (χ3n) is 5.60. The van der Waals surface area contributed by atoms with E-state index in [0.29, 0.717) is 0 Å². The van der Waals surface area contributed by atoms with Crippen LogP contribution in [0.3, 0.4) is 0 Å². The molecular formula is C23H43NO2. The van der Waals surface area contributed by atoms with Gasteiger partial charge in [-0.15, -0.1) is 0 Å². The van der Waals surface area contributed by atoms with E-state index in [1.54, 1.807) is 6.20 Å². The highest BCUT2D eigenvalue weighted by atomic mass is 16.4. The number of nitrogens with one attached hydrogen (secondary N) is 1. The minimum Gasteiger partial charge on any atom is -0.413 e. The first kappa shape index (κ1) is 23.0. The van der Waals surface area contributed by atoms with E-state index in [1.165, 1.54) is 96.3 Å². The molecule has 0 aromatic carbocycles. The van der Waals surface area contributed by atoms with Crippen LogP contribution in [-0.4, -0.2) is 4.98 Å². The van der Waals surface area contributed by atoms with Crippen molar-refractivity contribution in [2.24, 2.45) is 0 Å². The zero-order valence-electron chi connectivity index (χ0n) is 17.7. The lowest BCUT2D eigenvalue weighted by atomic mass is 9.84. The molecule has 1 heterocycles. The summed E-state index contributed by atoms with van der Waals surface area (Å²) < 4.78 is 5.21. The SMILES string of the molecule is CCCCCCCCCCCCCCCCCC(C)(C)c1c[nH]c(=O)o1. The molecule has 0 aliphatic carbocycles. The molecule has 0 radical (unpaired) electrons. The van der Waals surface area contributed by atoms with Gasteiger partial charge in [-0.3, -0.25) is 4.98 Å². The maximum absolute atomic E-state index is 11.1. The van der Waals surface area contributed by atoms with Crippen LogP contribution in [0.5, 0.6) is 0 Å². The van der Waals surface area contributed by atoms with E-state index in [9.17, 15) is 4.79 Å². The van der Waals surface area contributed by atoms with Crippen molar-refractivity contribution in [3.05, 3.63) is 22.5 Å². The number of aromatic amines is 1. The molecule has 0 amide bonds. The molecule has 1 aromatic heterocycles. The summed E-state index contributed by atoms with van der Waals surface area (Å²) in [6.07, 6.45) is 23.6. The van der Waals surface area contributed by atoms with Gasteiger partial charge in [-0.25, -0.2) is 4.79 Å². The van der Waals surface area contributed by atoms with Crippen LogP contribution in [0.25, 0.3) is 0 Å². The summed E-state index contributed by atoms with van der Waals surface area (Å²) >= 11 is 0. The number of unbranched alkanes of at least 4 members (excludes halogenated alkanes) is 14. The minimum absolute atomic E-state index is 0.0459. The smallest absolute Gasteiger partial charge is 0.413 e. The van der Waals surface area contributed by atoms with Gasteiger partial charge >= 0.3 is 5.76 Å². The third-order valence-corrected chi connectivity index (χ3v) is 5.60. The lowest BCUT2D eigenvalue weighted by molar-refractivity contribution is 0.339. The van der Waals surface area contributed by atoms with Crippen LogP contribution < -0.4 is 5.76 Å². The average Bonchev–Trinajstić information content (AvgIpc) is 3.06. The summed E-state index contributed by atoms with van der Waals surface area (Å²) in [6.45, 7) is 6.59. The minimum atomic E-state index is -0.343. The molecule has 0 unspecified atom stereocenters. The standard InChI is InChI=1S/C23H43NO2/c1-4-5-6-7-8-9-10-11-12-13-14-15-16-17-18-19-23(2,3)21-20-24-22(25)26-21/h20H,4-19H2,1-3H3,(H,24,25). The van der Waals surface area contributed by atoms with Crippen molar-refractivity contribution in [3.63, 3.8) is 0 Å². The van der Waals surface area contributed by atoms with Gasteiger partial charge in [-0.2, -0.15) is 0 Å². The van der Waals surface area contributed by atoms with Gasteiger partial charge < -0.3 is 4.42 Å². The summed E-state index contributed by atoms with van der Waals surface area (Å²) in [4.78, 5) is 13.7. The summed E-state index contributed by atoms with van der Waals surface area (Å²) in [5, 5.41) is 0. The zero-order valence-corrected chi connectivity index (χ0v) is 17.7. The van der Waals surface area contributed by atoms with Crippen LogP contribution in [-0.2, 0) is 5.41 Å². The molecule has 0 spiro atoms. The van der Waals surface area contributed by atoms with Crippen molar-refractivity contribution in [2.45, 2.75) is 129 Å². The van der Waals surface area contributed by atoms with Crippen LogP contribution in [0, 0.1) is 0 Å². The molecule has 26 heavy (non-hydrogen) atoms. The normalized spacial score (nSPS) is 12.0. The molecular weight excluding hydrogens is 322 g/mol. The fourth-order valence-electron chi connectivity index (χ4n) is 3.68. The predicted molar refractivity (Wildman–Crippen MR) is 112 cm³/mol. The Kier molecular flexibility index (Phi) is 12.5. The number of rotatable bonds is 17. The van der Waals surface area contributed by atoms with E-state index in [-0.39, 0.29) is 11.2 Å². The van der Waals surface area contributed by atoms with E-state index in [4.69, 9.17) is 4.42 Å². The Morgan fingerprint density at radius 3 is 1.58 bits per heavy atom. The summed E-state index contributed by atoms with van der Waals surface area (Å²) in [7, 11) is 0. The number of H-pyrrole nitrogens is 1. The van der Waals surface area contributed by atoms with Gasteiger partial charge in [0.2, 0.25) is 0 Å². The van der Waals surface area contributed by atoms with Crippen molar-refractivity contribution in [1.29, 1.82) is 0 Å². The Hall–Kier alpha value is -0.990. The molecule has 0 atom stereocenters. The van der Waals surface area contributed by atoms with Crippen LogP contribution >= 0.6 is 0 Å². The first-order valence-corrected chi connectivity index (χ1v) is 11.3. The quantitative estimate of drug-likeness (QED) is 0.290. The first-order valence-electron chi connectivity index (χ1n) is 11.3. The Labute approximate surface area is 161 Å². The second-order valence-electron chi connectivity index (χ2n) is 8.63.